The van der Waals surface area contributed by atoms with Crippen LogP contribution in [0.2, 0.25) is 5.02 Å². The second kappa shape index (κ2) is 7.53. The molecular formula is C18H18ClN5O2. The molecule has 0 unspecified atom stereocenters. The number of amides is 1. The van der Waals surface area contributed by atoms with E-state index in [9.17, 15) is 4.79 Å². The van der Waals surface area contributed by atoms with E-state index in [1.807, 2.05) is 19.1 Å². The van der Waals surface area contributed by atoms with E-state index >= 15 is 0 Å². The van der Waals surface area contributed by atoms with Crippen molar-refractivity contribution in [2.45, 2.75) is 13.3 Å². The number of halogens is 1. The summed E-state index contributed by atoms with van der Waals surface area (Å²) in [4.78, 5) is 16.4. The van der Waals surface area contributed by atoms with Crippen LogP contribution in [0.4, 0.5) is 5.69 Å². The number of pyridine rings is 1. The van der Waals surface area contributed by atoms with Gasteiger partial charge >= 0.3 is 0 Å². The number of ether oxygens (including phenoxy) is 1. The first kappa shape index (κ1) is 17.9. The van der Waals surface area contributed by atoms with Crippen LogP contribution in [-0.2, 0) is 0 Å². The van der Waals surface area contributed by atoms with E-state index in [0.717, 1.165) is 17.5 Å². The van der Waals surface area contributed by atoms with Gasteiger partial charge in [-0.2, -0.15) is 0 Å². The minimum atomic E-state index is -0.335. The molecule has 0 atom stereocenters. The van der Waals surface area contributed by atoms with E-state index in [2.05, 4.69) is 20.5 Å². The highest BCUT2D eigenvalue weighted by molar-refractivity contribution is 6.32. The van der Waals surface area contributed by atoms with Gasteiger partial charge in [0.25, 0.3) is 5.91 Å². The molecule has 0 bridgehead atoms. The van der Waals surface area contributed by atoms with Crippen molar-refractivity contribution in [1.82, 2.24) is 20.5 Å². The Balaban J connectivity index is 2.10. The second-order valence-electron chi connectivity index (χ2n) is 5.64. The molecule has 0 aliphatic rings. The number of nitrogens with two attached hydrogens (primary N) is 1. The van der Waals surface area contributed by atoms with Gasteiger partial charge in [0.2, 0.25) is 5.88 Å². The van der Waals surface area contributed by atoms with Crippen LogP contribution in [0.5, 0.6) is 5.88 Å². The predicted octanol–water partition coefficient (Wildman–Crippen LogP) is 3.08. The molecule has 0 radical (unpaired) electrons. The van der Waals surface area contributed by atoms with Crippen LogP contribution < -0.4 is 15.8 Å². The minimum Gasteiger partial charge on any atom is -0.480 e. The monoisotopic (exact) mass is 371 g/mol. The highest BCUT2D eigenvalue weighted by Crippen LogP contribution is 2.33. The van der Waals surface area contributed by atoms with Crippen molar-refractivity contribution >= 4 is 34.1 Å². The van der Waals surface area contributed by atoms with Crippen molar-refractivity contribution in [3.8, 4) is 17.0 Å². The number of methoxy groups -OCH3 is 1. The van der Waals surface area contributed by atoms with E-state index in [1.54, 1.807) is 18.3 Å². The summed E-state index contributed by atoms with van der Waals surface area (Å²) in [5, 5.41) is 12.1. The van der Waals surface area contributed by atoms with Gasteiger partial charge in [-0.25, -0.2) is 4.98 Å². The molecule has 134 valence electrons. The Kier molecular flexibility index (Phi) is 5.18. The Morgan fingerprint density at radius 3 is 2.85 bits per heavy atom. The number of carbonyl (C=O) groups excluding carboxylic acids is 1. The first-order valence-electron chi connectivity index (χ1n) is 8.09. The molecule has 3 aromatic rings. The summed E-state index contributed by atoms with van der Waals surface area (Å²) >= 11 is 6.18. The Bertz CT molecular complexity index is 977. The zero-order valence-corrected chi connectivity index (χ0v) is 15.2. The minimum absolute atomic E-state index is 0.119. The Morgan fingerprint density at radius 1 is 1.35 bits per heavy atom. The molecule has 0 fully saturated rings. The normalized spacial score (nSPS) is 10.7. The smallest absolute Gasteiger partial charge is 0.273 e. The van der Waals surface area contributed by atoms with Gasteiger partial charge in [-0.3, -0.25) is 4.79 Å². The number of aromatic nitrogens is 3. The van der Waals surface area contributed by atoms with Crippen molar-refractivity contribution in [3.63, 3.8) is 0 Å². The molecule has 0 saturated heterocycles. The van der Waals surface area contributed by atoms with E-state index in [4.69, 9.17) is 22.1 Å². The Morgan fingerprint density at radius 2 is 2.15 bits per heavy atom. The highest BCUT2D eigenvalue weighted by atomic mass is 35.5. The average Bonchev–Trinajstić information content (AvgIpc) is 2.66. The lowest BCUT2D eigenvalue weighted by atomic mass is 10.0. The first-order chi connectivity index (χ1) is 12.6. The van der Waals surface area contributed by atoms with Gasteiger partial charge in [-0.05, 0) is 12.5 Å². The quantitative estimate of drug-likeness (QED) is 0.714. The van der Waals surface area contributed by atoms with Crippen LogP contribution in [-0.4, -0.2) is 34.7 Å². The van der Waals surface area contributed by atoms with Crippen LogP contribution in [0, 0.1) is 0 Å². The van der Waals surface area contributed by atoms with Gasteiger partial charge in [0.1, 0.15) is 10.5 Å². The number of anilines is 1. The van der Waals surface area contributed by atoms with Gasteiger partial charge in [0.05, 0.1) is 12.8 Å². The SMILES string of the molecule is CCCNC(=O)c1nnc2c(-c3cnc(OC)c(Cl)c3)cccc2c1N. The summed E-state index contributed by atoms with van der Waals surface area (Å²) in [5.74, 6) is 0.00874. The molecule has 1 aromatic carbocycles. The largest absolute Gasteiger partial charge is 0.480 e. The number of benzene rings is 1. The molecule has 0 saturated carbocycles. The van der Waals surface area contributed by atoms with Crippen molar-refractivity contribution in [2.24, 2.45) is 0 Å². The number of hydrogen-bond donors (Lipinski definition) is 2. The number of carbonyl (C=O) groups is 1. The van der Waals surface area contributed by atoms with Crippen molar-refractivity contribution in [3.05, 3.63) is 41.2 Å². The number of nitrogen functional groups attached to an aromatic ring is 1. The van der Waals surface area contributed by atoms with E-state index in [0.29, 0.717) is 28.4 Å². The number of fused-ring (bicyclic) bond motifs is 1. The molecule has 26 heavy (non-hydrogen) atoms. The highest BCUT2D eigenvalue weighted by Gasteiger charge is 2.17. The molecule has 3 N–H and O–H groups in total. The van der Waals surface area contributed by atoms with Gasteiger partial charge in [-0.1, -0.05) is 36.7 Å². The third-order valence-corrected chi connectivity index (χ3v) is 4.16. The molecule has 0 spiro atoms. The van der Waals surface area contributed by atoms with E-state index in [-0.39, 0.29) is 17.3 Å². The zero-order chi connectivity index (χ0) is 18.7. The zero-order valence-electron chi connectivity index (χ0n) is 14.4. The molecule has 0 aliphatic carbocycles. The maximum absolute atomic E-state index is 12.2. The summed E-state index contributed by atoms with van der Waals surface area (Å²) in [7, 11) is 1.50. The fourth-order valence-corrected chi connectivity index (χ4v) is 2.84. The summed E-state index contributed by atoms with van der Waals surface area (Å²) in [6, 6.07) is 7.24. The van der Waals surface area contributed by atoms with Crippen LogP contribution in [0.3, 0.4) is 0 Å². The first-order valence-corrected chi connectivity index (χ1v) is 8.47. The molecule has 2 heterocycles. The van der Waals surface area contributed by atoms with Gasteiger partial charge in [-0.15, -0.1) is 10.2 Å². The maximum Gasteiger partial charge on any atom is 0.273 e. The predicted molar refractivity (Wildman–Crippen MR) is 101 cm³/mol. The van der Waals surface area contributed by atoms with Crippen molar-refractivity contribution in [1.29, 1.82) is 0 Å². The average molecular weight is 372 g/mol. The second-order valence-corrected chi connectivity index (χ2v) is 6.04. The van der Waals surface area contributed by atoms with Crippen LogP contribution in [0.1, 0.15) is 23.8 Å². The molecule has 1 amide bonds. The standard InChI is InChI=1S/C18H18ClN5O2/c1-3-7-21-17(25)16-14(20)12-6-4-5-11(15(12)23-24-16)10-8-13(19)18(26-2)22-9-10/h4-6,8-9H,3,7H2,1-2H3,(H2,20,23)(H,21,25). The molecule has 3 rings (SSSR count). The fraction of sp³-hybridized carbons (Fsp3) is 0.222. The number of nitrogens with zero attached hydrogens (tertiary/aromatic N) is 3. The maximum atomic E-state index is 12.2. The molecular weight excluding hydrogens is 354 g/mol. The van der Waals surface area contributed by atoms with Gasteiger partial charge in [0.15, 0.2) is 5.69 Å². The lowest BCUT2D eigenvalue weighted by Gasteiger charge is -2.11. The van der Waals surface area contributed by atoms with Gasteiger partial charge < -0.3 is 15.8 Å². The lowest BCUT2D eigenvalue weighted by molar-refractivity contribution is 0.0949. The van der Waals surface area contributed by atoms with E-state index in [1.165, 1.54) is 7.11 Å². The summed E-state index contributed by atoms with van der Waals surface area (Å²) in [6.45, 7) is 2.52. The fourth-order valence-electron chi connectivity index (χ4n) is 2.60. The number of hydrogen-bond acceptors (Lipinski definition) is 6. The Labute approximate surface area is 155 Å². The van der Waals surface area contributed by atoms with E-state index < -0.39 is 0 Å². The lowest BCUT2D eigenvalue weighted by Crippen LogP contribution is -2.26. The summed E-state index contributed by atoms with van der Waals surface area (Å²) < 4.78 is 5.08. The van der Waals surface area contributed by atoms with Crippen LogP contribution >= 0.6 is 11.6 Å². The third kappa shape index (κ3) is 3.25. The Hall–Kier alpha value is -2.93. The van der Waals surface area contributed by atoms with Crippen LogP contribution in [0.25, 0.3) is 22.0 Å². The van der Waals surface area contributed by atoms with Crippen molar-refractivity contribution < 1.29 is 9.53 Å². The summed E-state index contributed by atoms with van der Waals surface area (Å²) in [5.41, 5.74) is 8.68. The summed E-state index contributed by atoms with van der Waals surface area (Å²) in [6.07, 6.45) is 2.46. The molecule has 8 heteroatoms. The van der Waals surface area contributed by atoms with Crippen LogP contribution in [0.15, 0.2) is 30.5 Å². The number of nitrogens with one attached hydrogen (secondary N) is 1. The van der Waals surface area contributed by atoms with Gasteiger partial charge in [0, 0.05) is 29.3 Å². The topological polar surface area (TPSA) is 103 Å². The number of rotatable bonds is 5. The molecule has 0 aliphatic heterocycles. The third-order valence-electron chi connectivity index (χ3n) is 3.89. The van der Waals surface area contributed by atoms with Crippen molar-refractivity contribution in [2.75, 3.05) is 19.4 Å². The molecule has 2 aromatic heterocycles. The molecule has 7 nitrogen and oxygen atoms in total.